The van der Waals surface area contributed by atoms with E-state index in [1.54, 1.807) is 0 Å². The molecule has 49 heavy (non-hydrogen) atoms. The number of hydrogen-bond acceptors (Lipinski definition) is 10. The number of carboxylic acids is 2. The Bertz CT molecular complexity index is 1860. The molecule has 0 fully saturated rings. The quantitative estimate of drug-likeness (QED) is 0.0527. The van der Waals surface area contributed by atoms with E-state index in [9.17, 15) is 55.8 Å². The topological polar surface area (TPSA) is 258 Å². The zero-order chi connectivity index (χ0) is 36.5. The third kappa shape index (κ3) is 11.1. The number of halogens is 3. The second kappa shape index (κ2) is 15.8. The Morgan fingerprint density at radius 1 is 0.898 bits per heavy atom. The first-order valence-corrected chi connectivity index (χ1v) is 14.9. The Balaban J connectivity index is 1.84. The lowest BCUT2D eigenvalue weighted by Crippen LogP contribution is -2.51. The number of benzene rings is 3. The summed E-state index contributed by atoms with van der Waals surface area (Å²) >= 11 is 0. The smallest absolute Gasteiger partial charge is 0.481 e. The molecule has 3 aromatic rings. The SMILES string of the molecule is NC(N)=Nc1ccc(C(=O)Oc2ccc(CNS(=O)(=O)N(Cc3cccc(C(=O)O)c3)[C@@H](CC(=O)O)C(=O)OC(=O)C(F)(F)F)cc2)cc1. The van der Waals surface area contributed by atoms with Crippen molar-refractivity contribution in [1.29, 1.82) is 0 Å². The first-order chi connectivity index (χ1) is 22.9. The number of rotatable bonds is 14. The van der Waals surface area contributed by atoms with Crippen LogP contribution in [0.4, 0.5) is 18.9 Å². The predicted octanol–water partition coefficient (Wildman–Crippen LogP) is 1.82. The van der Waals surface area contributed by atoms with Gasteiger partial charge in [0.15, 0.2) is 5.96 Å². The third-order valence-electron chi connectivity index (χ3n) is 6.19. The molecule has 0 aliphatic rings. The van der Waals surface area contributed by atoms with Gasteiger partial charge in [-0.25, -0.2) is 24.2 Å². The van der Waals surface area contributed by atoms with Crippen molar-refractivity contribution in [1.82, 2.24) is 9.03 Å². The average Bonchev–Trinajstić information content (AvgIpc) is 3.02. The van der Waals surface area contributed by atoms with E-state index in [0.717, 1.165) is 12.1 Å². The normalized spacial score (nSPS) is 12.1. The Hall–Kier alpha value is -5.86. The molecule has 0 bridgehead atoms. The second-order valence-electron chi connectivity index (χ2n) is 9.81. The van der Waals surface area contributed by atoms with Crippen molar-refractivity contribution >= 4 is 51.7 Å². The van der Waals surface area contributed by atoms with Crippen LogP contribution in [0.2, 0.25) is 0 Å². The molecule has 260 valence electrons. The lowest BCUT2D eigenvalue weighted by Gasteiger charge is -2.28. The van der Waals surface area contributed by atoms with Crippen molar-refractivity contribution < 1.29 is 65.2 Å². The Kier molecular flexibility index (Phi) is 12.1. The van der Waals surface area contributed by atoms with Crippen LogP contribution in [0.3, 0.4) is 0 Å². The largest absolute Gasteiger partial charge is 0.491 e. The monoisotopic (exact) mass is 709 g/mol. The first kappa shape index (κ1) is 37.6. The van der Waals surface area contributed by atoms with Crippen LogP contribution in [-0.4, -0.2) is 71.0 Å². The summed E-state index contributed by atoms with van der Waals surface area (Å²) in [5, 5.41) is 18.6. The molecule has 20 heteroatoms. The summed E-state index contributed by atoms with van der Waals surface area (Å²) in [5.74, 6) is -9.35. The molecule has 0 unspecified atom stereocenters. The molecule has 3 aromatic carbocycles. The molecule has 3 rings (SSSR count). The fourth-order valence-corrected chi connectivity index (χ4v) is 5.28. The number of guanidine groups is 1. The molecular formula is C29H26F3N5O11S. The number of nitrogens with one attached hydrogen (secondary N) is 1. The average molecular weight is 710 g/mol. The van der Waals surface area contributed by atoms with E-state index in [4.69, 9.17) is 16.2 Å². The van der Waals surface area contributed by atoms with Crippen molar-refractivity contribution in [2.45, 2.75) is 31.7 Å². The maximum Gasteiger partial charge on any atom is 0.491 e. The number of esters is 3. The van der Waals surface area contributed by atoms with E-state index in [1.165, 1.54) is 60.7 Å². The molecule has 1 atom stereocenters. The molecule has 0 radical (unpaired) electrons. The summed E-state index contributed by atoms with van der Waals surface area (Å²) in [4.78, 5) is 63.3. The number of ether oxygens (including phenoxy) is 2. The Morgan fingerprint density at radius 3 is 2.08 bits per heavy atom. The zero-order valence-electron chi connectivity index (χ0n) is 24.8. The van der Waals surface area contributed by atoms with Gasteiger partial charge in [0, 0.05) is 13.1 Å². The van der Waals surface area contributed by atoms with Crippen LogP contribution in [-0.2, 0) is 42.4 Å². The van der Waals surface area contributed by atoms with Gasteiger partial charge in [0.1, 0.15) is 11.8 Å². The number of nitrogens with zero attached hydrogens (tertiary/aromatic N) is 2. The third-order valence-corrected chi connectivity index (χ3v) is 7.70. The van der Waals surface area contributed by atoms with Gasteiger partial charge in [0.2, 0.25) is 0 Å². The highest BCUT2D eigenvalue weighted by Crippen LogP contribution is 2.22. The van der Waals surface area contributed by atoms with Crippen LogP contribution in [0.5, 0.6) is 5.75 Å². The molecule has 7 N–H and O–H groups in total. The van der Waals surface area contributed by atoms with Gasteiger partial charge in [-0.1, -0.05) is 24.3 Å². The maximum absolute atomic E-state index is 13.5. The van der Waals surface area contributed by atoms with Crippen molar-refractivity contribution in [2.75, 3.05) is 0 Å². The summed E-state index contributed by atoms with van der Waals surface area (Å²) < 4.78 is 76.6. The van der Waals surface area contributed by atoms with Gasteiger partial charge in [-0.2, -0.15) is 30.6 Å². The van der Waals surface area contributed by atoms with Crippen molar-refractivity contribution in [2.24, 2.45) is 16.5 Å². The molecular weight excluding hydrogens is 683 g/mol. The number of carbonyl (C=O) groups is 5. The summed E-state index contributed by atoms with van der Waals surface area (Å²) in [7, 11) is -5.02. The van der Waals surface area contributed by atoms with Gasteiger partial charge in [-0.15, -0.1) is 0 Å². The molecule has 0 saturated heterocycles. The van der Waals surface area contributed by atoms with Gasteiger partial charge in [0.25, 0.3) is 10.2 Å². The van der Waals surface area contributed by atoms with E-state index in [2.05, 4.69) is 14.5 Å². The molecule has 0 spiro atoms. The van der Waals surface area contributed by atoms with Gasteiger partial charge in [0.05, 0.1) is 23.2 Å². The Morgan fingerprint density at radius 2 is 1.53 bits per heavy atom. The summed E-state index contributed by atoms with van der Waals surface area (Å²) in [5.41, 5.74) is 10.9. The number of alkyl halides is 3. The molecule has 0 heterocycles. The minimum atomic E-state index is -5.68. The van der Waals surface area contributed by atoms with Crippen LogP contribution in [0, 0.1) is 0 Å². The number of carboxylic acid groups (broad SMARTS) is 2. The minimum Gasteiger partial charge on any atom is -0.481 e. The van der Waals surface area contributed by atoms with Crippen LogP contribution in [0.25, 0.3) is 0 Å². The van der Waals surface area contributed by atoms with Crippen LogP contribution in [0.1, 0.15) is 38.3 Å². The fraction of sp³-hybridized carbons (Fsp3) is 0.172. The number of aliphatic imine (C=N–C) groups is 1. The fourth-order valence-electron chi connectivity index (χ4n) is 3.95. The van der Waals surface area contributed by atoms with Crippen LogP contribution >= 0.6 is 0 Å². The second-order valence-corrected chi connectivity index (χ2v) is 11.5. The highest BCUT2D eigenvalue weighted by Gasteiger charge is 2.46. The van der Waals surface area contributed by atoms with Crippen LogP contribution < -0.4 is 20.9 Å². The van der Waals surface area contributed by atoms with Crippen LogP contribution in [0.15, 0.2) is 77.8 Å². The zero-order valence-corrected chi connectivity index (χ0v) is 25.6. The summed E-state index contributed by atoms with van der Waals surface area (Å²) in [6.07, 6.45) is -7.12. The van der Waals surface area contributed by atoms with E-state index in [0.29, 0.717) is 5.69 Å². The van der Waals surface area contributed by atoms with E-state index in [-0.39, 0.29) is 38.3 Å². The number of aliphatic carboxylic acids is 1. The molecule has 0 aliphatic carbocycles. The molecule has 0 aromatic heterocycles. The van der Waals surface area contributed by atoms with Crippen molar-refractivity contribution in [3.8, 4) is 5.75 Å². The van der Waals surface area contributed by atoms with Gasteiger partial charge in [-0.05, 0) is 59.7 Å². The number of nitrogens with two attached hydrogens (primary N) is 2. The summed E-state index contributed by atoms with van der Waals surface area (Å²) in [6, 6.07) is 13.0. The van der Waals surface area contributed by atoms with Crippen molar-refractivity contribution in [3.63, 3.8) is 0 Å². The van der Waals surface area contributed by atoms with Crippen molar-refractivity contribution in [3.05, 3.63) is 95.1 Å². The van der Waals surface area contributed by atoms with E-state index >= 15 is 0 Å². The molecule has 0 saturated carbocycles. The molecule has 16 nitrogen and oxygen atoms in total. The Labute approximate surface area is 274 Å². The summed E-state index contributed by atoms with van der Waals surface area (Å²) in [6.45, 7) is -1.49. The lowest BCUT2D eigenvalue weighted by molar-refractivity contribution is -0.203. The number of hydrogen-bond donors (Lipinski definition) is 5. The minimum absolute atomic E-state index is 0.0449. The predicted molar refractivity (Wildman–Crippen MR) is 161 cm³/mol. The van der Waals surface area contributed by atoms with Gasteiger partial charge in [-0.3, -0.25) is 4.79 Å². The van der Waals surface area contributed by atoms with Gasteiger partial charge < -0.3 is 31.2 Å². The molecule has 0 aliphatic heterocycles. The lowest BCUT2D eigenvalue weighted by atomic mass is 10.1. The number of carbonyl (C=O) groups excluding carboxylic acids is 3. The van der Waals surface area contributed by atoms with E-state index < -0.39 is 71.8 Å². The molecule has 0 amide bonds. The van der Waals surface area contributed by atoms with E-state index in [1.807, 2.05) is 0 Å². The highest BCUT2D eigenvalue weighted by atomic mass is 32.2. The highest BCUT2D eigenvalue weighted by molar-refractivity contribution is 7.87. The first-order valence-electron chi connectivity index (χ1n) is 13.5. The standard InChI is InChI=1S/C29H26F3N5O11S/c30-29(31,32)27(44)48-26(43)22(13-23(38)39)37(15-17-2-1-3-19(12-17)24(40)41)49(45,46)35-14-16-4-10-21(11-5-16)47-25(42)18-6-8-20(9-7-18)36-28(33)34/h1-12,22,35H,13-15H2,(H,38,39)(H,40,41)(H4,33,34,36)/t22-/m0/s1. The van der Waals surface area contributed by atoms with Gasteiger partial charge >= 0.3 is 36.0 Å². The number of aromatic carboxylic acids is 1. The maximum atomic E-state index is 13.5.